The second-order valence-corrected chi connectivity index (χ2v) is 5.96. The van der Waals surface area contributed by atoms with Crippen LogP contribution in [0.25, 0.3) is 22.1 Å². The van der Waals surface area contributed by atoms with Crippen molar-refractivity contribution in [2.45, 2.75) is 6.54 Å². The number of benzene rings is 1. The summed E-state index contributed by atoms with van der Waals surface area (Å²) in [6.07, 6.45) is 1.38. The summed E-state index contributed by atoms with van der Waals surface area (Å²) < 4.78 is 2.30. The monoisotopic (exact) mass is 419 g/mol. The molecule has 3 N–H and O–H groups in total. The number of rotatable bonds is 2. The Morgan fingerprint density at radius 1 is 1.26 bits per heavy atom. The molecule has 1 aromatic carbocycles. The van der Waals surface area contributed by atoms with E-state index in [-0.39, 0.29) is 12.1 Å². The molecule has 23 heavy (non-hydrogen) atoms. The second-order valence-electron chi connectivity index (χ2n) is 4.94. The SMILES string of the molecule is Nc1ncnc2c1c(I)nn2Cc1nc2ccccc2[nH]c1=O. The summed E-state index contributed by atoms with van der Waals surface area (Å²) in [6.45, 7) is 0.204. The molecule has 0 aliphatic rings. The minimum absolute atomic E-state index is 0.204. The lowest BCUT2D eigenvalue weighted by Crippen LogP contribution is -2.19. The van der Waals surface area contributed by atoms with Crippen LogP contribution >= 0.6 is 22.6 Å². The lowest BCUT2D eigenvalue weighted by Gasteiger charge is -2.04. The van der Waals surface area contributed by atoms with E-state index in [0.717, 1.165) is 5.52 Å². The van der Waals surface area contributed by atoms with Gasteiger partial charge < -0.3 is 10.7 Å². The number of nitrogen functional groups attached to an aromatic ring is 1. The predicted molar refractivity (Wildman–Crippen MR) is 93.9 cm³/mol. The van der Waals surface area contributed by atoms with E-state index in [4.69, 9.17) is 5.73 Å². The van der Waals surface area contributed by atoms with E-state index in [1.165, 1.54) is 6.33 Å². The molecule has 3 aromatic heterocycles. The standard InChI is InChI=1S/C14H10IN7O/c15-11-10-12(16)17-6-18-13(10)22(21-11)5-9-14(23)20-8-4-2-1-3-7(8)19-9/h1-4,6H,5H2,(H,20,23)(H2,16,17,18). The van der Waals surface area contributed by atoms with Crippen LogP contribution < -0.4 is 11.3 Å². The van der Waals surface area contributed by atoms with Gasteiger partial charge in [-0.15, -0.1) is 0 Å². The Bertz CT molecular complexity index is 1100. The molecule has 0 aliphatic carbocycles. The van der Waals surface area contributed by atoms with Crippen molar-refractivity contribution in [3.63, 3.8) is 0 Å². The zero-order chi connectivity index (χ0) is 16.0. The van der Waals surface area contributed by atoms with Crippen molar-refractivity contribution in [1.29, 1.82) is 0 Å². The van der Waals surface area contributed by atoms with Gasteiger partial charge >= 0.3 is 0 Å². The first-order valence-corrected chi connectivity index (χ1v) is 7.82. The maximum Gasteiger partial charge on any atom is 0.272 e. The van der Waals surface area contributed by atoms with Gasteiger partial charge in [-0.3, -0.25) is 4.79 Å². The Morgan fingerprint density at radius 3 is 2.96 bits per heavy atom. The molecule has 0 saturated heterocycles. The van der Waals surface area contributed by atoms with E-state index in [2.05, 4.69) is 47.6 Å². The quantitative estimate of drug-likeness (QED) is 0.474. The van der Waals surface area contributed by atoms with Crippen LogP contribution in [-0.4, -0.2) is 29.7 Å². The van der Waals surface area contributed by atoms with Crippen LogP contribution in [0, 0.1) is 3.70 Å². The predicted octanol–water partition coefficient (Wildman–Crippen LogP) is 1.30. The summed E-state index contributed by atoms with van der Waals surface area (Å²) >= 11 is 2.07. The van der Waals surface area contributed by atoms with E-state index in [9.17, 15) is 4.79 Å². The number of aromatic nitrogens is 6. The highest BCUT2D eigenvalue weighted by Crippen LogP contribution is 2.22. The van der Waals surface area contributed by atoms with Crippen LogP contribution in [0.3, 0.4) is 0 Å². The third-order valence-corrected chi connectivity index (χ3v) is 4.24. The first kappa shape index (κ1) is 14.1. The molecule has 9 heteroatoms. The van der Waals surface area contributed by atoms with Crippen molar-refractivity contribution in [2.24, 2.45) is 0 Å². The van der Waals surface area contributed by atoms with E-state index in [1.807, 2.05) is 24.3 Å². The van der Waals surface area contributed by atoms with Gasteiger partial charge in [0, 0.05) is 0 Å². The molecule has 0 atom stereocenters. The van der Waals surface area contributed by atoms with Gasteiger partial charge in [0.15, 0.2) is 5.65 Å². The van der Waals surface area contributed by atoms with Gasteiger partial charge in [0.1, 0.15) is 21.5 Å². The minimum atomic E-state index is -0.246. The molecule has 0 saturated carbocycles. The van der Waals surface area contributed by atoms with Crippen molar-refractivity contribution < 1.29 is 0 Å². The summed E-state index contributed by atoms with van der Waals surface area (Å²) in [5.41, 5.74) is 8.00. The third kappa shape index (κ3) is 2.32. The number of hydrogen-bond donors (Lipinski definition) is 2. The molecule has 0 spiro atoms. The van der Waals surface area contributed by atoms with Crippen molar-refractivity contribution in [2.75, 3.05) is 5.73 Å². The molecule has 3 heterocycles. The molecule has 0 unspecified atom stereocenters. The maximum atomic E-state index is 12.2. The van der Waals surface area contributed by atoms with Crippen LogP contribution in [0.1, 0.15) is 5.69 Å². The smallest absolute Gasteiger partial charge is 0.272 e. The molecule has 4 rings (SSSR count). The molecule has 0 amide bonds. The topological polar surface area (TPSA) is 115 Å². The molecule has 8 nitrogen and oxygen atoms in total. The lowest BCUT2D eigenvalue weighted by molar-refractivity contribution is 0.678. The summed E-state index contributed by atoms with van der Waals surface area (Å²) in [4.78, 5) is 27.7. The third-order valence-electron chi connectivity index (χ3n) is 3.49. The number of nitrogens with one attached hydrogen (secondary N) is 1. The number of hydrogen-bond acceptors (Lipinski definition) is 6. The Kier molecular flexibility index (Phi) is 3.22. The zero-order valence-corrected chi connectivity index (χ0v) is 13.9. The Hall–Kier alpha value is -2.56. The fraction of sp³-hybridized carbons (Fsp3) is 0.0714. The van der Waals surface area contributed by atoms with Crippen molar-refractivity contribution in [3.05, 3.63) is 50.3 Å². The lowest BCUT2D eigenvalue weighted by atomic mass is 10.3. The van der Waals surface area contributed by atoms with Crippen LogP contribution in [0.15, 0.2) is 35.4 Å². The molecule has 114 valence electrons. The van der Waals surface area contributed by atoms with Gasteiger partial charge in [-0.1, -0.05) is 12.1 Å². The normalized spacial score (nSPS) is 11.3. The summed E-state index contributed by atoms with van der Waals surface area (Å²) in [7, 11) is 0. The fourth-order valence-corrected chi connectivity index (χ4v) is 3.19. The number of H-pyrrole nitrogens is 1. The highest BCUT2D eigenvalue weighted by atomic mass is 127. The van der Waals surface area contributed by atoms with E-state index in [1.54, 1.807) is 4.68 Å². The van der Waals surface area contributed by atoms with Gasteiger partial charge in [0.05, 0.1) is 23.0 Å². The Morgan fingerprint density at radius 2 is 2.09 bits per heavy atom. The van der Waals surface area contributed by atoms with Crippen LogP contribution in [-0.2, 0) is 6.54 Å². The van der Waals surface area contributed by atoms with Crippen molar-refractivity contribution >= 4 is 50.5 Å². The van der Waals surface area contributed by atoms with Crippen molar-refractivity contribution in [3.8, 4) is 0 Å². The first-order chi connectivity index (χ1) is 11.1. The summed E-state index contributed by atoms with van der Waals surface area (Å²) in [6, 6.07) is 7.38. The van der Waals surface area contributed by atoms with E-state index < -0.39 is 0 Å². The molecular formula is C14H10IN7O. The first-order valence-electron chi connectivity index (χ1n) is 6.74. The average Bonchev–Trinajstić information content (AvgIpc) is 2.85. The number of anilines is 1. The van der Waals surface area contributed by atoms with Crippen LogP contribution in [0.4, 0.5) is 5.82 Å². The molecule has 0 aliphatic heterocycles. The Balaban J connectivity index is 1.87. The number of halogens is 1. The van der Waals surface area contributed by atoms with Crippen molar-refractivity contribution in [1.82, 2.24) is 29.7 Å². The fourth-order valence-electron chi connectivity index (χ4n) is 2.41. The zero-order valence-electron chi connectivity index (χ0n) is 11.7. The number of aromatic amines is 1. The highest BCUT2D eigenvalue weighted by molar-refractivity contribution is 14.1. The van der Waals surface area contributed by atoms with Gasteiger partial charge in [0.25, 0.3) is 5.56 Å². The van der Waals surface area contributed by atoms with Gasteiger partial charge in [-0.05, 0) is 34.7 Å². The molecule has 0 bridgehead atoms. The highest BCUT2D eigenvalue weighted by Gasteiger charge is 2.15. The Labute approximate surface area is 142 Å². The van der Waals surface area contributed by atoms with E-state index >= 15 is 0 Å². The van der Waals surface area contributed by atoms with Crippen LogP contribution in [0.2, 0.25) is 0 Å². The summed E-state index contributed by atoms with van der Waals surface area (Å²) in [5, 5.41) is 5.08. The summed E-state index contributed by atoms with van der Waals surface area (Å²) in [5.74, 6) is 0.367. The maximum absolute atomic E-state index is 12.2. The largest absolute Gasteiger partial charge is 0.383 e. The second kappa shape index (κ2) is 5.26. The number of para-hydroxylation sites is 2. The minimum Gasteiger partial charge on any atom is -0.383 e. The molecule has 0 radical (unpaired) electrons. The van der Waals surface area contributed by atoms with Crippen LogP contribution in [0.5, 0.6) is 0 Å². The van der Waals surface area contributed by atoms with Gasteiger partial charge in [-0.2, -0.15) is 5.10 Å². The van der Waals surface area contributed by atoms with E-state index in [0.29, 0.717) is 31.8 Å². The van der Waals surface area contributed by atoms with Gasteiger partial charge in [0.2, 0.25) is 0 Å². The molecular weight excluding hydrogens is 409 g/mol. The molecule has 0 fully saturated rings. The van der Waals surface area contributed by atoms with Gasteiger partial charge in [-0.25, -0.2) is 19.6 Å². The average molecular weight is 419 g/mol. The number of fused-ring (bicyclic) bond motifs is 2. The molecule has 4 aromatic rings. The number of nitrogens with zero attached hydrogens (tertiary/aromatic N) is 5. The number of nitrogens with two attached hydrogens (primary N) is 1.